The van der Waals surface area contributed by atoms with Crippen LogP contribution in [0.25, 0.3) is 11.4 Å². The molecule has 1 saturated heterocycles. The molecule has 1 aromatic carbocycles. The zero-order valence-corrected chi connectivity index (χ0v) is 18.3. The Hall–Kier alpha value is -2.09. The lowest BCUT2D eigenvalue weighted by atomic mass is 9.79. The third kappa shape index (κ3) is 6.95. The number of benzene rings is 1. The third-order valence-corrected chi connectivity index (χ3v) is 5.92. The number of halogens is 3. The van der Waals surface area contributed by atoms with Crippen molar-refractivity contribution in [1.29, 1.82) is 0 Å². The van der Waals surface area contributed by atoms with Crippen molar-refractivity contribution in [2.75, 3.05) is 13.1 Å². The fourth-order valence-corrected chi connectivity index (χ4v) is 4.47. The molecule has 0 radical (unpaired) electrons. The molecule has 9 nitrogen and oxygen atoms in total. The van der Waals surface area contributed by atoms with Crippen LogP contribution in [-0.2, 0) is 17.1 Å². The second-order valence-electron chi connectivity index (χ2n) is 8.09. The molecule has 32 heavy (non-hydrogen) atoms. The fourth-order valence-electron chi connectivity index (χ4n) is 4.47. The van der Waals surface area contributed by atoms with Crippen LogP contribution in [0, 0.1) is 0 Å². The number of tetrazole rings is 1. The summed E-state index contributed by atoms with van der Waals surface area (Å²) in [6.07, 6.45) is 1.94. The van der Waals surface area contributed by atoms with E-state index in [9.17, 15) is 13.2 Å². The lowest BCUT2D eigenvalue weighted by Gasteiger charge is -2.34. The van der Waals surface area contributed by atoms with Crippen molar-refractivity contribution in [3.63, 3.8) is 0 Å². The Morgan fingerprint density at radius 1 is 1.09 bits per heavy atom. The minimum Gasteiger partial charge on any atom is -0.315 e. The average molecular weight is 476 g/mol. The maximum absolute atomic E-state index is 13.2. The number of alkyl halides is 3. The molecule has 2 heterocycles. The van der Waals surface area contributed by atoms with E-state index in [2.05, 4.69) is 36.4 Å². The Labute approximate surface area is 185 Å². The fraction of sp³-hybridized carbons (Fsp3) is 0.632. The molecule has 1 saturated carbocycles. The summed E-state index contributed by atoms with van der Waals surface area (Å²) in [6, 6.07) is 4.93. The van der Waals surface area contributed by atoms with Gasteiger partial charge in [-0.25, -0.2) is 18.7 Å². The molecular weight excluding hydrogens is 447 g/mol. The number of nitrogens with two attached hydrogens (primary N) is 1. The van der Waals surface area contributed by atoms with Gasteiger partial charge in [0.05, 0.1) is 5.56 Å². The predicted molar refractivity (Wildman–Crippen MR) is 113 cm³/mol. The Kier molecular flexibility index (Phi) is 8.57. The minimum atomic E-state index is -4.39. The maximum Gasteiger partial charge on any atom is 0.416 e. The topological polar surface area (TPSA) is 139 Å². The number of hydrogen-bond acceptors (Lipinski definition) is 7. The quantitative estimate of drug-likeness (QED) is 0.425. The van der Waals surface area contributed by atoms with Gasteiger partial charge >= 0.3 is 6.18 Å². The van der Waals surface area contributed by atoms with Gasteiger partial charge in [0.2, 0.25) is 0 Å². The van der Waals surface area contributed by atoms with E-state index in [0.717, 1.165) is 50.4 Å². The normalized spacial score (nSPS) is 24.1. The summed E-state index contributed by atoms with van der Waals surface area (Å²) >= 11 is 0. The standard InChI is InChI=1S/C19H25F3N6.H3NO2S/c20-19(21,22)13-5-8-16(17(10-13)18-25-27-28-26-18)12-3-6-14(7-4-12)24-15-2-1-9-23-11-15;1-4(2)3/h5,8,10,12,14-15,23-24H,1-4,6-7,9,11H2,(H,25,26,27,28);4H,(H2,1,2,3). The second-order valence-corrected chi connectivity index (χ2v) is 8.66. The molecule has 2 aliphatic rings. The van der Waals surface area contributed by atoms with Crippen LogP contribution in [0.15, 0.2) is 18.2 Å². The molecule has 1 aliphatic carbocycles. The van der Waals surface area contributed by atoms with Crippen LogP contribution in [0.5, 0.6) is 0 Å². The van der Waals surface area contributed by atoms with Crippen LogP contribution >= 0.6 is 0 Å². The summed E-state index contributed by atoms with van der Waals surface area (Å²) in [4.78, 5) is 0. The van der Waals surface area contributed by atoms with Gasteiger partial charge in [-0.05, 0) is 79.1 Å². The van der Waals surface area contributed by atoms with E-state index in [0.29, 0.717) is 17.6 Å². The highest BCUT2D eigenvalue weighted by Gasteiger charge is 2.33. The molecule has 1 aromatic heterocycles. The van der Waals surface area contributed by atoms with Crippen molar-refractivity contribution >= 4 is 10.9 Å². The molecule has 0 amide bonds. The summed E-state index contributed by atoms with van der Waals surface area (Å²) in [5.74, 6) is 0.500. The number of thiol groups is 1. The second kappa shape index (κ2) is 11.2. The van der Waals surface area contributed by atoms with Crippen LogP contribution in [-0.4, -0.2) is 54.2 Å². The van der Waals surface area contributed by atoms with Crippen molar-refractivity contribution in [2.24, 2.45) is 5.14 Å². The molecule has 1 unspecified atom stereocenters. The van der Waals surface area contributed by atoms with E-state index in [1.165, 1.54) is 18.9 Å². The predicted octanol–water partition coefficient (Wildman–Crippen LogP) is 1.72. The molecule has 1 aliphatic heterocycles. The number of hydrogen-bond donors (Lipinski definition) is 5. The van der Waals surface area contributed by atoms with E-state index in [1.54, 1.807) is 6.07 Å². The zero-order chi connectivity index (χ0) is 23.1. The van der Waals surface area contributed by atoms with Crippen LogP contribution < -0.4 is 15.8 Å². The first kappa shape index (κ1) is 24.6. The van der Waals surface area contributed by atoms with Gasteiger partial charge < -0.3 is 10.6 Å². The van der Waals surface area contributed by atoms with Crippen molar-refractivity contribution in [2.45, 2.75) is 62.7 Å². The first-order valence-corrected chi connectivity index (χ1v) is 11.8. The van der Waals surface area contributed by atoms with Gasteiger partial charge in [-0.2, -0.15) is 13.2 Å². The molecule has 2 fully saturated rings. The first-order chi connectivity index (χ1) is 15.2. The summed E-state index contributed by atoms with van der Waals surface area (Å²) in [6.45, 7) is 2.11. The van der Waals surface area contributed by atoms with Gasteiger partial charge in [-0.15, -0.1) is 5.10 Å². The van der Waals surface area contributed by atoms with Crippen molar-refractivity contribution in [3.05, 3.63) is 29.3 Å². The van der Waals surface area contributed by atoms with E-state index in [4.69, 9.17) is 8.42 Å². The lowest BCUT2D eigenvalue weighted by Crippen LogP contribution is -2.48. The van der Waals surface area contributed by atoms with E-state index in [1.807, 2.05) is 0 Å². The highest BCUT2D eigenvalue weighted by molar-refractivity contribution is 7.69. The molecule has 4 rings (SSSR count). The van der Waals surface area contributed by atoms with E-state index in [-0.39, 0.29) is 11.7 Å². The van der Waals surface area contributed by atoms with Gasteiger partial charge in [-0.3, -0.25) is 0 Å². The number of rotatable bonds is 4. The minimum absolute atomic E-state index is 0.213. The number of nitrogens with zero attached hydrogens (tertiary/aromatic N) is 3. The van der Waals surface area contributed by atoms with Crippen LogP contribution in [0.1, 0.15) is 55.6 Å². The van der Waals surface area contributed by atoms with Crippen LogP contribution in [0.2, 0.25) is 0 Å². The van der Waals surface area contributed by atoms with Gasteiger partial charge in [0.15, 0.2) is 16.7 Å². The first-order valence-electron chi connectivity index (χ1n) is 10.5. The molecule has 5 N–H and O–H groups in total. The van der Waals surface area contributed by atoms with Crippen molar-refractivity contribution in [1.82, 2.24) is 31.3 Å². The Balaban J connectivity index is 0.000000668. The lowest BCUT2D eigenvalue weighted by molar-refractivity contribution is -0.137. The number of piperidine rings is 1. The van der Waals surface area contributed by atoms with Crippen molar-refractivity contribution < 1.29 is 21.6 Å². The highest BCUT2D eigenvalue weighted by atomic mass is 32.2. The van der Waals surface area contributed by atoms with Crippen LogP contribution in [0.4, 0.5) is 13.2 Å². The third-order valence-electron chi connectivity index (χ3n) is 5.92. The monoisotopic (exact) mass is 475 g/mol. The largest absolute Gasteiger partial charge is 0.416 e. The molecule has 1 atom stereocenters. The summed E-state index contributed by atoms with van der Waals surface area (Å²) < 4.78 is 57.2. The number of aromatic amines is 1. The Morgan fingerprint density at radius 3 is 2.38 bits per heavy atom. The van der Waals surface area contributed by atoms with E-state index >= 15 is 0 Å². The van der Waals surface area contributed by atoms with E-state index < -0.39 is 22.6 Å². The van der Waals surface area contributed by atoms with Crippen LogP contribution in [0.3, 0.4) is 0 Å². The SMILES string of the molecule is FC(F)(F)c1ccc(C2CCC(NC3CCCNC3)CC2)c(-c2nnn[nH]2)c1.N[SH](=O)=O. The zero-order valence-electron chi connectivity index (χ0n) is 17.4. The molecule has 0 spiro atoms. The van der Waals surface area contributed by atoms with Gasteiger partial charge in [0, 0.05) is 24.2 Å². The molecule has 0 bridgehead atoms. The summed E-state index contributed by atoms with van der Waals surface area (Å²) in [7, 11) is -2.62. The maximum atomic E-state index is 13.2. The van der Waals surface area contributed by atoms with Gasteiger partial charge in [-0.1, -0.05) is 6.07 Å². The molecule has 13 heteroatoms. The average Bonchev–Trinajstić information content (AvgIpc) is 3.28. The Bertz CT molecular complexity index is 915. The molecule has 178 valence electrons. The molecular formula is C19H28F3N7O2S. The Morgan fingerprint density at radius 2 is 1.81 bits per heavy atom. The van der Waals surface area contributed by atoms with Crippen molar-refractivity contribution in [3.8, 4) is 11.4 Å². The number of aromatic nitrogens is 4. The summed E-state index contributed by atoms with van der Waals surface area (Å²) in [5, 5.41) is 24.8. The highest BCUT2D eigenvalue weighted by Crippen LogP contribution is 2.40. The number of H-pyrrole nitrogens is 1. The number of nitrogens with one attached hydrogen (secondary N) is 3. The van der Waals surface area contributed by atoms with Gasteiger partial charge in [0.1, 0.15) is 0 Å². The smallest absolute Gasteiger partial charge is 0.315 e. The molecule has 2 aromatic rings. The van der Waals surface area contributed by atoms with Gasteiger partial charge in [0.25, 0.3) is 0 Å². The summed E-state index contributed by atoms with van der Waals surface area (Å²) in [5.41, 5.74) is 0.667.